The molecule has 4 aliphatic rings. The predicted molar refractivity (Wildman–Crippen MR) is 157 cm³/mol. The topological polar surface area (TPSA) is 96.3 Å². The van der Waals surface area contributed by atoms with Gasteiger partial charge in [-0.15, -0.1) is 11.3 Å². The maximum Gasteiger partial charge on any atom is 0.226 e. The molecule has 5 atom stereocenters. The van der Waals surface area contributed by atoms with Crippen molar-refractivity contribution in [2.75, 3.05) is 38.7 Å². The van der Waals surface area contributed by atoms with Gasteiger partial charge < -0.3 is 20.0 Å². The zero-order chi connectivity index (χ0) is 27.9. The minimum Gasteiger partial charge on any atom is -0.508 e. The Labute approximate surface area is 241 Å². The highest BCUT2D eigenvalue weighted by molar-refractivity contribution is 7.15. The van der Waals surface area contributed by atoms with Crippen LogP contribution in [0.3, 0.4) is 0 Å². The molecule has 1 amide bonds. The summed E-state index contributed by atoms with van der Waals surface area (Å²) in [6.07, 6.45) is 8.31. The summed E-state index contributed by atoms with van der Waals surface area (Å²) >= 11 is 1.51. The van der Waals surface area contributed by atoms with Crippen LogP contribution in [0.1, 0.15) is 72.9 Å². The van der Waals surface area contributed by atoms with Gasteiger partial charge in [-0.1, -0.05) is 18.1 Å². The van der Waals surface area contributed by atoms with Gasteiger partial charge in [-0.3, -0.25) is 9.69 Å². The first kappa shape index (κ1) is 27.7. The number of amides is 1. The first-order chi connectivity index (χ1) is 19.4. The number of aromatic hydroxyl groups is 1. The Balaban J connectivity index is 1.23. The average molecular weight is 567 g/mol. The molecule has 6 rings (SSSR count). The molecule has 3 unspecified atom stereocenters. The van der Waals surface area contributed by atoms with Gasteiger partial charge >= 0.3 is 0 Å². The van der Waals surface area contributed by atoms with Crippen molar-refractivity contribution in [3.05, 3.63) is 39.9 Å². The molecule has 216 valence electrons. The van der Waals surface area contributed by atoms with Gasteiger partial charge in [0.05, 0.1) is 18.9 Å². The summed E-state index contributed by atoms with van der Waals surface area (Å²) < 4.78 is 5.53. The Morgan fingerprint density at radius 2 is 2.15 bits per heavy atom. The molecule has 2 saturated carbocycles. The van der Waals surface area contributed by atoms with Gasteiger partial charge in [-0.2, -0.15) is 0 Å². The summed E-state index contributed by atoms with van der Waals surface area (Å²) in [5.41, 5.74) is 4.95. The van der Waals surface area contributed by atoms with Gasteiger partial charge in [0.25, 0.3) is 0 Å². The largest absolute Gasteiger partial charge is 0.508 e. The van der Waals surface area contributed by atoms with Crippen LogP contribution in [0.15, 0.2) is 23.5 Å². The molecule has 2 aromatic rings. The summed E-state index contributed by atoms with van der Waals surface area (Å²) in [6, 6.07) is 4.36. The van der Waals surface area contributed by atoms with Gasteiger partial charge in [-0.25, -0.2) is 4.98 Å². The molecule has 1 aliphatic heterocycles. The number of thiazole rings is 1. The fourth-order valence-corrected chi connectivity index (χ4v) is 8.97. The van der Waals surface area contributed by atoms with Crippen molar-refractivity contribution < 1.29 is 19.5 Å². The van der Waals surface area contributed by atoms with E-state index in [2.05, 4.69) is 33.3 Å². The fourth-order valence-electron chi connectivity index (χ4n) is 8.29. The Morgan fingerprint density at radius 1 is 1.32 bits per heavy atom. The number of aryl methyl sites for hydroxylation is 2. The van der Waals surface area contributed by atoms with Crippen molar-refractivity contribution in [2.45, 2.75) is 71.3 Å². The number of ether oxygens (including phenoxy) is 1. The Morgan fingerprint density at radius 3 is 2.90 bits per heavy atom. The highest BCUT2D eigenvalue weighted by Crippen LogP contribution is 2.62. The van der Waals surface area contributed by atoms with Gasteiger partial charge in [0.15, 0.2) is 5.13 Å². The molecular formula is C31H42N4O4S. The molecular weight excluding hydrogens is 524 g/mol. The van der Waals surface area contributed by atoms with E-state index in [0.29, 0.717) is 41.0 Å². The van der Waals surface area contributed by atoms with E-state index >= 15 is 0 Å². The minimum atomic E-state index is -0.00417. The molecule has 9 heteroatoms. The number of hydrogen-bond donors (Lipinski definition) is 2. The van der Waals surface area contributed by atoms with Crippen LogP contribution in [0.4, 0.5) is 5.13 Å². The molecule has 0 spiro atoms. The number of benzene rings is 1. The van der Waals surface area contributed by atoms with E-state index in [1.54, 1.807) is 13.3 Å². The number of fused-ring (bicyclic) bond motifs is 5. The van der Waals surface area contributed by atoms with Gasteiger partial charge in [-0.05, 0) is 86.3 Å². The van der Waals surface area contributed by atoms with Crippen molar-refractivity contribution in [2.24, 2.45) is 28.3 Å². The highest BCUT2D eigenvalue weighted by Gasteiger charge is 2.57. The average Bonchev–Trinajstić information content (AvgIpc) is 3.48. The van der Waals surface area contributed by atoms with Crippen LogP contribution in [-0.4, -0.2) is 60.0 Å². The normalized spacial score (nSPS) is 30.9. The van der Waals surface area contributed by atoms with Crippen molar-refractivity contribution in [3.8, 4) is 5.75 Å². The van der Waals surface area contributed by atoms with Crippen LogP contribution in [0.5, 0.6) is 5.75 Å². The quantitative estimate of drug-likeness (QED) is 0.430. The number of rotatable bonds is 7. The number of morpholine rings is 1. The van der Waals surface area contributed by atoms with E-state index in [1.165, 1.54) is 28.2 Å². The number of anilines is 1. The lowest BCUT2D eigenvalue weighted by atomic mass is 9.54. The number of phenols is 1. The summed E-state index contributed by atoms with van der Waals surface area (Å²) in [5, 5.41) is 19.2. The number of nitrogens with one attached hydrogen (secondary N) is 1. The Hall–Kier alpha value is -2.49. The molecule has 2 heterocycles. The fraction of sp³-hybridized carbons (Fsp3) is 0.645. The minimum absolute atomic E-state index is 0.00417. The Bertz CT molecular complexity index is 1270. The summed E-state index contributed by atoms with van der Waals surface area (Å²) in [7, 11) is 1.65. The van der Waals surface area contributed by atoms with Gasteiger partial charge in [0.2, 0.25) is 5.91 Å². The van der Waals surface area contributed by atoms with Crippen molar-refractivity contribution in [1.82, 2.24) is 9.88 Å². The molecule has 0 bridgehead atoms. The Kier molecular flexibility index (Phi) is 7.90. The van der Waals surface area contributed by atoms with Crippen LogP contribution in [-0.2, 0) is 27.3 Å². The van der Waals surface area contributed by atoms with Crippen molar-refractivity contribution in [1.29, 1.82) is 0 Å². The lowest BCUT2D eigenvalue weighted by Crippen LogP contribution is -2.44. The third-order valence-corrected chi connectivity index (χ3v) is 10.9. The second kappa shape index (κ2) is 11.4. The molecule has 1 aromatic carbocycles. The third kappa shape index (κ3) is 5.28. The predicted octanol–water partition coefficient (Wildman–Crippen LogP) is 5.49. The zero-order valence-corrected chi connectivity index (χ0v) is 24.8. The molecule has 3 aliphatic carbocycles. The van der Waals surface area contributed by atoms with E-state index in [0.717, 1.165) is 81.8 Å². The molecule has 1 saturated heterocycles. The SMILES string of the molecule is CO/N=C1\C[C@@H](CCC(=O)Nc2ncc(C)s2)C2C3CCc4cc(O)c(CN5CCOCC5)cc4C3CC[C@]12C. The first-order valence-electron chi connectivity index (χ1n) is 14.8. The number of phenolic OH excluding ortho intramolecular Hbond substituents is 1. The summed E-state index contributed by atoms with van der Waals surface area (Å²) in [6.45, 7) is 8.47. The van der Waals surface area contributed by atoms with Crippen LogP contribution >= 0.6 is 11.3 Å². The summed E-state index contributed by atoms with van der Waals surface area (Å²) in [4.78, 5) is 26.0. The van der Waals surface area contributed by atoms with E-state index in [1.807, 2.05) is 13.0 Å². The number of carbonyl (C=O) groups excluding carboxylic acids is 1. The first-order valence-corrected chi connectivity index (χ1v) is 15.6. The maximum absolute atomic E-state index is 12.9. The standard InChI is InChI=1S/C31H42N4O4S/c1-19-17-32-30(40-19)33-28(37)7-5-21-16-27(34-38-3)31(2)9-8-23-24(29(21)31)6-4-20-15-26(36)22(14-25(20)23)18-35-10-12-39-13-11-35/h14-15,17,21,23-24,29,36H,4-13,16,18H2,1-3H3,(H,32,33,37)/b34-27+/t21-,23?,24?,29?,31-/m1/s1. The lowest BCUT2D eigenvalue weighted by Gasteiger charge is -2.50. The van der Waals surface area contributed by atoms with Crippen molar-refractivity contribution >= 4 is 28.1 Å². The molecule has 40 heavy (non-hydrogen) atoms. The summed E-state index contributed by atoms with van der Waals surface area (Å²) in [5.74, 6) is 2.33. The van der Waals surface area contributed by atoms with Gasteiger partial charge in [0.1, 0.15) is 12.9 Å². The molecule has 8 nitrogen and oxygen atoms in total. The number of oxime groups is 1. The zero-order valence-electron chi connectivity index (χ0n) is 23.9. The van der Waals surface area contributed by atoms with Crippen LogP contribution in [0, 0.1) is 30.1 Å². The van der Waals surface area contributed by atoms with Crippen LogP contribution in [0.2, 0.25) is 0 Å². The van der Waals surface area contributed by atoms with Gasteiger partial charge in [0, 0.05) is 48.1 Å². The lowest BCUT2D eigenvalue weighted by molar-refractivity contribution is -0.116. The van der Waals surface area contributed by atoms with E-state index in [9.17, 15) is 9.90 Å². The van der Waals surface area contributed by atoms with Crippen LogP contribution in [0.25, 0.3) is 0 Å². The highest BCUT2D eigenvalue weighted by atomic mass is 32.1. The van der Waals surface area contributed by atoms with Crippen LogP contribution < -0.4 is 5.32 Å². The third-order valence-electron chi connectivity index (χ3n) is 10.1. The maximum atomic E-state index is 12.9. The van der Waals surface area contributed by atoms with E-state index in [4.69, 9.17) is 9.57 Å². The van der Waals surface area contributed by atoms with E-state index < -0.39 is 0 Å². The number of hydrogen-bond acceptors (Lipinski definition) is 8. The smallest absolute Gasteiger partial charge is 0.226 e. The molecule has 1 aromatic heterocycles. The number of aromatic nitrogens is 1. The number of carbonyl (C=O) groups is 1. The monoisotopic (exact) mass is 566 g/mol. The second-order valence-corrected chi connectivity index (χ2v) is 13.6. The second-order valence-electron chi connectivity index (χ2n) is 12.4. The molecule has 0 radical (unpaired) electrons. The molecule has 2 N–H and O–H groups in total. The number of nitrogens with zero attached hydrogens (tertiary/aromatic N) is 3. The van der Waals surface area contributed by atoms with Crippen molar-refractivity contribution in [3.63, 3.8) is 0 Å². The van der Waals surface area contributed by atoms with E-state index in [-0.39, 0.29) is 11.3 Å². The molecule has 3 fully saturated rings.